The van der Waals surface area contributed by atoms with E-state index in [2.05, 4.69) is 31.9 Å². The predicted molar refractivity (Wildman–Crippen MR) is 91.9 cm³/mol. The number of thioether (sulfide) groups is 1. The van der Waals surface area contributed by atoms with Crippen LogP contribution in [0.15, 0.2) is 62.0 Å². The quantitative estimate of drug-likeness (QED) is 0.458. The molecule has 2 aromatic carbocycles. The summed E-state index contributed by atoms with van der Waals surface area (Å²) in [6, 6.07) is 13.5. The molecule has 21 heavy (non-hydrogen) atoms. The minimum absolute atomic E-state index is 0.216. The van der Waals surface area contributed by atoms with Crippen LogP contribution in [0.3, 0.4) is 0 Å². The maximum atomic E-state index is 11.4. The zero-order valence-electron chi connectivity index (χ0n) is 10.6. The van der Waals surface area contributed by atoms with Crippen LogP contribution in [0.5, 0.6) is 0 Å². The highest BCUT2D eigenvalue weighted by molar-refractivity contribution is 9.10. The smallest absolute Gasteiger partial charge is 0.259 e. The molecule has 106 valence electrons. The average Bonchev–Trinajstić information content (AvgIpc) is 2.46. The van der Waals surface area contributed by atoms with Gasteiger partial charge in [0.15, 0.2) is 0 Å². The molecule has 0 N–H and O–H groups in total. The number of nitro groups is 1. The van der Waals surface area contributed by atoms with Crippen LogP contribution in [0.1, 0.15) is 16.4 Å². The summed E-state index contributed by atoms with van der Waals surface area (Å²) >= 11 is 8.30. The number of hydrogen-bond acceptors (Lipinski definition) is 3. The van der Waals surface area contributed by atoms with Gasteiger partial charge in [-0.1, -0.05) is 44.0 Å². The van der Waals surface area contributed by atoms with E-state index in [4.69, 9.17) is 0 Å². The fourth-order valence-electron chi connectivity index (χ4n) is 2.19. The summed E-state index contributed by atoms with van der Waals surface area (Å²) in [5.41, 5.74) is 2.03. The first-order valence-electron chi connectivity index (χ1n) is 6.12. The summed E-state index contributed by atoms with van der Waals surface area (Å²) in [5, 5.41) is 11.1. The first-order valence-corrected chi connectivity index (χ1v) is 8.59. The molecular formula is C15H9Br2NO2S. The van der Waals surface area contributed by atoms with Gasteiger partial charge in [-0.05, 0) is 41.5 Å². The predicted octanol–water partition coefficient (Wildman–Crippen LogP) is 5.68. The van der Waals surface area contributed by atoms with E-state index in [1.807, 2.05) is 42.5 Å². The maximum Gasteiger partial charge on any atom is 0.264 e. The molecule has 0 spiro atoms. The molecule has 2 aromatic rings. The Morgan fingerprint density at radius 2 is 1.71 bits per heavy atom. The van der Waals surface area contributed by atoms with Crippen LogP contribution in [-0.4, -0.2) is 4.92 Å². The van der Waals surface area contributed by atoms with Gasteiger partial charge in [-0.25, -0.2) is 0 Å². The van der Waals surface area contributed by atoms with Crippen molar-refractivity contribution in [3.8, 4) is 0 Å². The van der Waals surface area contributed by atoms with E-state index in [0.29, 0.717) is 0 Å². The van der Waals surface area contributed by atoms with Gasteiger partial charge in [0.1, 0.15) is 5.25 Å². The zero-order chi connectivity index (χ0) is 15.0. The summed E-state index contributed by atoms with van der Waals surface area (Å²) in [6.07, 6.45) is 1.67. The van der Waals surface area contributed by atoms with Crippen LogP contribution in [0.2, 0.25) is 0 Å². The highest BCUT2D eigenvalue weighted by Crippen LogP contribution is 2.47. The molecule has 1 atom stereocenters. The third kappa shape index (κ3) is 3.07. The van der Waals surface area contributed by atoms with E-state index in [0.717, 1.165) is 25.0 Å². The molecule has 6 heteroatoms. The number of fused-ring (bicyclic) bond motifs is 1. The monoisotopic (exact) mass is 425 g/mol. The van der Waals surface area contributed by atoms with Gasteiger partial charge in [0.25, 0.3) is 5.70 Å². The van der Waals surface area contributed by atoms with Gasteiger partial charge in [-0.2, -0.15) is 0 Å². The molecule has 1 aliphatic heterocycles. The molecular weight excluding hydrogens is 418 g/mol. The largest absolute Gasteiger partial charge is 0.264 e. The van der Waals surface area contributed by atoms with E-state index in [1.165, 1.54) is 11.8 Å². The molecule has 0 fully saturated rings. The lowest BCUT2D eigenvalue weighted by Gasteiger charge is -2.20. The number of halogens is 2. The minimum atomic E-state index is -0.290. The van der Waals surface area contributed by atoms with E-state index in [-0.39, 0.29) is 15.9 Å². The first-order chi connectivity index (χ1) is 10.0. The summed E-state index contributed by atoms with van der Waals surface area (Å²) in [4.78, 5) is 12.2. The molecule has 0 aliphatic carbocycles. The minimum Gasteiger partial charge on any atom is -0.259 e. The molecule has 0 saturated heterocycles. The van der Waals surface area contributed by atoms with E-state index in [9.17, 15) is 10.1 Å². The van der Waals surface area contributed by atoms with E-state index >= 15 is 0 Å². The third-order valence-electron chi connectivity index (χ3n) is 3.17. The van der Waals surface area contributed by atoms with Gasteiger partial charge in [0.2, 0.25) is 0 Å². The SMILES string of the molecule is O=[N+]([O-])C1=Cc2cc(Br)ccc2SC1c1ccc(Br)cc1. The zero-order valence-corrected chi connectivity index (χ0v) is 14.6. The van der Waals surface area contributed by atoms with Gasteiger partial charge in [0.05, 0.1) is 4.92 Å². The van der Waals surface area contributed by atoms with Crippen LogP contribution >= 0.6 is 43.6 Å². The number of rotatable bonds is 2. The summed E-state index contributed by atoms with van der Waals surface area (Å²) in [7, 11) is 0. The molecule has 0 amide bonds. The van der Waals surface area contributed by atoms with E-state index < -0.39 is 0 Å². The van der Waals surface area contributed by atoms with Crippen LogP contribution in [0.4, 0.5) is 0 Å². The molecule has 1 unspecified atom stereocenters. The lowest BCUT2D eigenvalue weighted by atomic mass is 10.1. The number of nitrogens with zero attached hydrogens (tertiary/aromatic N) is 1. The topological polar surface area (TPSA) is 43.1 Å². The van der Waals surface area contributed by atoms with Gasteiger partial charge in [-0.15, -0.1) is 11.8 Å². The van der Waals surface area contributed by atoms with Crippen molar-refractivity contribution in [3.05, 3.63) is 78.3 Å². The summed E-state index contributed by atoms with van der Waals surface area (Å²) in [6.45, 7) is 0. The average molecular weight is 427 g/mol. The fourth-order valence-corrected chi connectivity index (χ4v) is 4.05. The maximum absolute atomic E-state index is 11.4. The van der Waals surface area contributed by atoms with Crippen molar-refractivity contribution in [2.45, 2.75) is 10.1 Å². The van der Waals surface area contributed by atoms with E-state index in [1.54, 1.807) is 6.08 Å². The highest BCUT2D eigenvalue weighted by atomic mass is 79.9. The van der Waals surface area contributed by atoms with Crippen molar-refractivity contribution >= 4 is 49.7 Å². The van der Waals surface area contributed by atoms with Crippen LogP contribution in [-0.2, 0) is 0 Å². The Morgan fingerprint density at radius 1 is 1.05 bits per heavy atom. The second-order valence-corrected chi connectivity index (χ2v) is 7.54. The Hall–Kier alpha value is -1.11. The molecule has 1 heterocycles. The molecule has 0 saturated carbocycles. The Bertz CT molecular complexity index is 744. The number of benzene rings is 2. The van der Waals surface area contributed by atoms with Gasteiger partial charge in [0, 0.05) is 19.9 Å². The molecule has 3 nitrogen and oxygen atoms in total. The highest BCUT2D eigenvalue weighted by Gasteiger charge is 2.32. The Kier molecular flexibility index (Phi) is 4.19. The Morgan fingerprint density at radius 3 is 2.38 bits per heavy atom. The van der Waals surface area contributed by atoms with Crippen molar-refractivity contribution in [1.82, 2.24) is 0 Å². The van der Waals surface area contributed by atoms with Gasteiger partial charge >= 0.3 is 0 Å². The summed E-state index contributed by atoms with van der Waals surface area (Å²) < 4.78 is 1.88. The molecule has 1 aliphatic rings. The van der Waals surface area contributed by atoms with Crippen molar-refractivity contribution < 1.29 is 4.92 Å². The van der Waals surface area contributed by atoms with Crippen molar-refractivity contribution in [2.75, 3.05) is 0 Å². The van der Waals surface area contributed by atoms with Crippen LogP contribution in [0.25, 0.3) is 6.08 Å². The lowest BCUT2D eigenvalue weighted by Crippen LogP contribution is -2.11. The Balaban J connectivity index is 2.08. The second kappa shape index (κ2) is 5.94. The first kappa shape index (κ1) is 14.8. The van der Waals surface area contributed by atoms with Crippen LogP contribution < -0.4 is 0 Å². The summed E-state index contributed by atoms with van der Waals surface area (Å²) in [5.74, 6) is 0. The second-order valence-electron chi connectivity index (χ2n) is 4.56. The Labute approximate surface area is 142 Å². The lowest BCUT2D eigenvalue weighted by molar-refractivity contribution is -0.425. The number of hydrogen-bond donors (Lipinski definition) is 0. The van der Waals surface area contributed by atoms with Crippen molar-refractivity contribution in [2.24, 2.45) is 0 Å². The standard InChI is InChI=1S/C15H9Br2NO2S/c16-11-3-1-9(2-4-11)15-13(18(19)20)8-10-7-12(17)5-6-14(10)21-15/h1-8,15H. The van der Waals surface area contributed by atoms with Crippen molar-refractivity contribution in [3.63, 3.8) is 0 Å². The van der Waals surface area contributed by atoms with Crippen molar-refractivity contribution in [1.29, 1.82) is 0 Å². The van der Waals surface area contributed by atoms with Gasteiger partial charge in [-0.3, -0.25) is 10.1 Å². The van der Waals surface area contributed by atoms with Crippen LogP contribution in [0, 0.1) is 10.1 Å². The fraction of sp³-hybridized carbons (Fsp3) is 0.0667. The normalized spacial score (nSPS) is 17.0. The third-order valence-corrected chi connectivity index (χ3v) is 5.57. The molecule has 0 aromatic heterocycles. The molecule has 0 bridgehead atoms. The molecule has 0 radical (unpaired) electrons. The molecule has 3 rings (SSSR count). The van der Waals surface area contributed by atoms with Gasteiger partial charge < -0.3 is 0 Å².